The van der Waals surface area contributed by atoms with Gasteiger partial charge in [0, 0.05) is 45.2 Å². The van der Waals surface area contributed by atoms with Crippen LogP contribution < -0.4 is 0 Å². The average Bonchev–Trinajstić information content (AvgIpc) is 3.29. The first-order valence-corrected chi connectivity index (χ1v) is 14.6. The summed E-state index contributed by atoms with van der Waals surface area (Å²) in [6, 6.07) is 15.4. The molecule has 5 rings (SSSR count). The Kier molecular flexibility index (Phi) is 18.2. The zero-order valence-corrected chi connectivity index (χ0v) is 29.3. The van der Waals surface area contributed by atoms with Crippen LogP contribution in [-0.2, 0) is 45.0 Å². The molecule has 0 saturated carbocycles. The van der Waals surface area contributed by atoms with Gasteiger partial charge in [-0.05, 0) is 50.4 Å². The Labute approximate surface area is 280 Å². The van der Waals surface area contributed by atoms with Crippen LogP contribution in [0.15, 0.2) is 54.9 Å². The van der Waals surface area contributed by atoms with Crippen LogP contribution in [-0.4, -0.2) is 40.8 Å². The number of carbonyl (C=O) groups is 1. The van der Waals surface area contributed by atoms with Gasteiger partial charge >= 0.3 is 33.4 Å². The number of hydrogen-bond donors (Lipinski definition) is 1. The summed E-state index contributed by atoms with van der Waals surface area (Å²) in [5.41, 5.74) is 3.80. The third-order valence-corrected chi connectivity index (χ3v) is 5.17. The molecule has 1 N–H and O–H groups in total. The van der Waals surface area contributed by atoms with E-state index in [2.05, 4.69) is 46.8 Å². The molecule has 237 valence electrons. The molecule has 0 aliphatic heterocycles. The minimum atomic E-state index is -0.983. The maximum Gasteiger partial charge on any atom is 0 e. The molecular weight excluding hydrogens is 960 g/mol. The van der Waals surface area contributed by atoms with Gasteiger partial charge in [-0.1, -0.05) is 46.5 Å². The second-order valence-electron chi connectivity index (χ2n) is 8.31. The molecule has 0 aliphatic carbocycles. The van der Waals surface area contributed by atoms with Gasteiger partial charge in [-0.3, -0.25) is 14.6 Å². The van der Waals surface area contributed by atoms with E-state index in [9.17, 15) is 22.4 Å². The summed E-state index contributed by atoms with van der Waals surface area (Å²) in [6.45, 7) is 5.53. The van der Waals surface area contributed by atoms with E-state index in [1.807, 2.05) is 13.8 Å². The van der Waals surface area contributed by atoms with E-state index in [-0.39, 0.29) is 44.4 Å². The Morgan fingerprint density at radius 2 is 1.25 bits per heavy atom. The van der Waals surface area contributed by atoms with Gasteiger partial charge in [0.05, 0.1) is 0 Å². The van der Waals surface area contributed by atoms with Crippen molar-refractivity contribution in [2.45, 2.75) is 20.8 Å². The van der Waals surface area contributed by atoms with Gasteiger partial charge in [0.25, 0.3) is 0 Å². The number of rotatable bonds is 3. The van der Waals surface area contributed by atoms with E-state index >= 15 is 0 Å². The molecule has 0 aliphatic rings. The molecule has 5 aromatic heterocycles. The monoisotopic (exact) mass is 986 g/mol. The third-order valence-electron chi connectivity index (χ3n) is 5.17. The molecular formula is C29H25ClF4Ir2N6O2-. The van der Waals surface area contributed by atoms with Crippen LogP contribution in [0.25, 0.3) is 22.5 Å². The van der Waals surface area contributed by atoms with Crippen molar-refractivity contribution < 1.29 is 65.5 Å². The molecule has 8 nitrogen and oxygen atoms in total. The van der Waals surface area contributed by atoms with Crippen molar-refractivity contribution in [3.8, 4) is 22.5 Å². The van der Waals surface area contributed by atoms with E-state index in [0.29, 0.717) is 11.4 Å². The number of nitrogens with zero attached hydrogens (tertiary/aromatic N) is 6. The van der Waals surface area contributed by atoms with E-state index in [1.54, 1.807) is 50.6 Å². The number of carboxylic acids is 1. The van der Waals surface area contributed by atoms with Crippen LogP contribution in [0.1, 0.15) is 27.3 Å². The van der Waals surface area contributed by atoms with E-state index in [0.717, 1.165) is 29.0 Å². The topological polar surface area (TPSA) is 107 Å². The van der Waals surface area contributed by atoms with Gasteiger partial charge in [-0.15, -0.1) is 12.1 Å². The fraction of sp³-hybridized carbons (Fsp3) is 0.138. The van der Waals surface area contributed by atoms with E-state index in [1.165, 1.54) is 28.6 Å². The molecule has 44 heavy (non-hydrogen) atoms. The molecule has 0 fully saturated rings. The fourth-order valence-electron chi connectivity index (χ4n) is 3.12. The molecule has 5 aromatic rings. The summed E-state index contributed by atoms with van der Waals surface area (Å²) in [6.07, 6.45) is 3.11. The van der Waals surface area contributed by atoms with Crippen LogP contribution in [0.4, 0.5) is 17.6 Å². The third kappa shape index (κ3) is 12.3. The van der Waals surface area contributed by atoms with Crippen molar-refractivity contribution in [1.82, 2.24) is 29.7 Å². The average molecular weight is 985 g/mol. The number of aromatic nitrogens is 6. The summed E-state index contributed by atoms with van der Waals surface area (Å²) in [7, 11) is 6.35. The molecule has 0 aromatic carbocycles. The van der Waals surface area contributed by atoms with Gasteiger partial charge < -0.3 is 22.5 Å². The van der Waals surface area contributed by atoms with Crippen molar-refractivity contribution in [1.29, 1.82) is 0 Å². The summed E-state index contributed by atoms with van der Waals surface area (Å²) in [5.74, 6) is -4.54. The first-order chi connectivity index (χ1) is 19.9. The summed E-state index contributed by atoms with van der Waals surface area (Å²) >= 11 is 1.47. The standard InChI is InChI=1S/2C11H7F2N2.C6H8N2O2.CH3.ClH.2Ir/c2*1-7-4-5-14-9(6-7)8-2-3-10(12)15-11(8)13;1-4-3-5(6(9)10)7-8(4)2;;;;/h2*3-6H,1H3;3H,1-2H3,(H,9,10);1H3;1H;;/q2*-1;;-1;;;+3/p-1. The van der Waals surface area contributed by atoms with Crippen LogP contribution in [0.2, 0.25) is 0 Å². The fourth-order valence-corrected chi connectivity index (χ4v) is 3.12. The number of hydrogen-bond acceptors (Lipinski definition) is 6. The largest absolute Gasteiger partial charge is 0 e. The molecule has 0 bridgehead atoms. The first kappa shape index (κ1) is 40.6. The molecule has 5 heterocycles. The van der Waals surface area contributed by atoms with E-state index in [4.69, 9.17) is 5.11 Å². The molecule has 0 saturated heterocycles. The Morgan fingerprint density at radius 3 is 1.52 bits per heavy atom. The molecule has 1 radical (unpaired) electrons. The summed E-state index contributed by atoms with van der Waals surface area (Å²) in [4.78, 5) is 24.4. The summed E-state index contributed by atoms with van der Waals surface area (Å²) < 4.78 is 53.1. The molecule has 0 spiro atoms. The van der Waals surface area contributed by atoms with Gasteiger partial charge in [-0.2, -0.15) is 5.10 Å². The zero-order valence-electron chi connectivity index (χ0n) is 23.8. The number of pyridine rings is 4. The van der Waals surface area contributed by atoms with Crippen molar-refractivity contribution in [3.05, 3.63) is 121 Å². The van der Waals surface area contributed by atoms with Gasteiger partial charge in [0.15, 0.2) is 5.69 Å². The quantitative estimate of drug-likeness (QED) is 0.123. The predicted molar refractivity (Wildman–Crippen MR) is 149 cm³/mol. The van der Waals surface area contributed by atoms with Crippen molar-refractivity contribution in [3.63, 3.8) is 0 Å². The molecule has 0 amide bonds. The molecule has 0 atom stereocenters. The number of aryl methyl sites for hydroxylation is 4. The zero-order chi connectivity index (χ0) is 31.4. The minimum absolute atomic E-state index is 0. The summed E-state index contributed by atoms with van der Waals surface area (Å²) in [5, 5.41) is 12.2. The predicted octanol–water partition coefficient (Wildman–Crippen LogP) is 6.62. The van der Waals surface area contributed by atoms with Gasteiger partial charge in [-0.25, -0.2) is 22.4 Å². The Hall–Kier alpha value is -3.41. The number of carboxylic acid groups (broad SMARTS) is 1. The number of aromatic carboxylic acids is 1. The Bertz CT molecular complexity index is 1550. The van der Waals surface area contributed by atoms with Gasteiger partial charge in [0.1, 0.15) is 23.8 Å². The van der Waals surface area contributed by atoms with E-state index < -0.39 is 29.8 Å². The number of halogens is 5. The van der Waals surface area contributed by atoms with Crippen LogP contribution >= 0.6 is 9.58 Å². The van der Waals surface area contributed by atoms with Crippen molar-refractivity contribution >= 4 is 15.6 Å². The smallest absolute Gasteiger partial charge is 0 e. The SMILES string of the molecule is Cc1cc(C(=O)O)nn1C.Cc1ccnc(-c2[c-]cc(F)nc2F)c1.Cc1ccnc(-c2[c-]cc(F)nc2F)c1.[CH3-].[Cl][Ir+2].[Ir]. The minimum Gasteiger partial charge on any atom is 0 e. The molecule has 0 unspecified atom stereocenters. The van der Waals surface area contributed by atoms with Crippen LogP contribution in [0, 0.1) is 64.1 Å². The maximum atomic E-state index is 13.2. The van der Waals surface area contributed by atoms with Crippen molar-refractivity contribution in [2.75, 3.05) is 0 Å². The van der Waals surface area contributed by atoms with Crippen LogP contribution in [0.3, 0.4) is 0 Å². The second kappa shape index (κ2) is 19.8. The second-order valence-corrected chi connectivity index (χ2v) is 8.31. The normalized spacial score (nSPS) is 9.41. The van der Waals surface area contributed by atoms with Crippen LogP contribution in [0.5, 0.6) is 0 Å². The van der Waals surface area contributed by atoms with Gasteiger partial charge in [0.2, 0.25) is 0 Å². The maximum absolute atomic E-state index is 13.2. The Balaban J connectivity index is 0.000000611. The van der Waals surface area contributed by atoms with Crippen molar-refractivity contribution in [2.24, 2.45) is 7.05 Å². The molecule has 15 heteroatoms. The Morgan fingerprint density at radius 1 is 0.841 bits per heavy atom. The first-order valence-electron chi connectivity index (χ1n) is 11.6.